The molecule has 1 amide bonds. The van der Waals surface area contributed by atoms with Gasteiger partial charge in [-0.2, -0.15) is 5.10 Å². The number of carbonyl (C=O) groups is 1. The first-order chi connectivity index (χ1) is 15.6. The highest BCUT2D eigenvalue weighted by molar-refractivity contribution is 5.91. The summed E-state index contributed by atoms with van der Waals surface area (Å²) >= 11 is 0. The second-order valence-corrected chi connectivity index (χ2v) is 8.52. The molecule has 0 unspecified atom stereocenters. The fourth-order valence-electron chi connectivity index (χ4n) is 3.81. The van der Waals surface area contributed by atoms with Crippen LogP contribution in [-0.2, 0) is 19.5 Å². The van der Waals surface area contributed by atoms with Crippen LogP contribution in [0, 0.1) is 6.92 Å². The van der Waals surface area contributed by atoms with Gasteiger partial charge < -0.3 is 10.3 Å². The van der Waals surface area contributed by atoms with Crippen LogP contribution in [0.5, 0.6) is 0 Å². The van der Waals surface area contributed by atoms with Gasteiger partial charge >= 0.3 is 0 Å². The van der Waals surface area contributed by atoms with Crippen molar-refractivity contribution >= 4 is 16.9 Å². The molecule has 4 heterocycles. The number of hydrogen-bond donors (Lipinski definition) is 2. The maximum atomic E-state index is 12.3. The van der Waals surface area contributed by atoms with Gasteiger partial charge in [-0.15, -0.1) is 10.2 Å². The first-order valence-corrected chi connectivity index (χ1v) is 11.1. The highest BCUT2D eigenvalue weighted by Gasteiger charge is 2.25. The summed E-state index contributed by atoms with van der Waals surface area (Å²) in [6.45, 7) is 3.09. The molecular formula is C23H26N8O. The molecule has 32 heavy (non-hydrogen) atoms. The lowest BCUT2D eigenvalue weighted by Gasteiger charge is -2.03. The van der Waals surface area contributed by atoms with Crippen LogP contribution >= 0.6 is 0 Å². The number of pyridine rings is 1. The van der Waals surface area contributed by atoms with E-state index in [1.54, 1.807) is 23.3 Å². The molecule has 0 aromatic carbocycles. The predicted octanol–water partition coefficient (Wildman–Crippen LogP) is 3.08. The van der Waals surface area contributed by atoms with Gasteiger partial charge in [-0.1, -0.05) is 11.3 Å². The smallest absolute Gasteiger partial charge is 0.273 e. The van der Waals surface area contributed by atoms with E-state index in [-0.39, 0.29) is 5.91 Å². The molecule has 4 aromatic rings. The number of rotatable bonds is 9. The van der Waals surface area contributed by atoms with Crippen LogP contribution in [0.15, 0.2) is 36.8 Å². The summed E-state index contributed by atoms with van der Waals surface area (Å²) in [7, 11) is 0. The molecule has 0 saturated heterocycles. The van der Waals surface area contributed by atoms with Crippen molar-refractivity contribution in [3.8, 4) is 0 Å². The Bertz CT molecular complexity index is 1240. The van der Waals surface area contributed by atoms with E-state index in [4.69, 9.17) is 0 Å². The van der Waals surface area contributed by atoms with Crippen molar-refractivity contribution in [2.45, 2.75) is 58.0 Å². The van der Waals surface area contributed by atoms with Gasteiger partial charge in [-0.3, -0.25) is 14.5 Å². The van der Waals surface area contributed by atoms with E-state index in [1.807, 2.05) is 13.0 Å². The standard InChI is InChI=1S/C23H26N8O/c1-15-8-16(12-24-11-15)13-25-23(32)21-14-31(30-28-21)7-3-2-4-19-9-18-10-20(17-5-6-17)26-22(18)29-27-19/h8-12,14,17H,2-7,13H2,1H3,(H,25,32)(H,26,29). The molecule has 1 aliphatic carbocycles. The molecule has 4 aromatic heterocycles. The van der Waals surface area contributed by atoms with Crippen LogP contribution in [0.25, 0.3) is 11.0 Å². The largest absolute Gasteiger partial charge is 0.346 e. The molecule has 0 atom stereocenters. The van der Waals surface area contributed by atoms with Gasteiger partial charge in [-0.05, 0) is 68.2 Å². The Kier molecular flexibility index (Phi) is 5.62. The van der Waals surface area contributed by atoms with Crippen molar-refractivity contribution in [2.24, 2.45) is 0 Å². The summed E-state index contributed by atoms with van der Waals surface area (Å²) in [6.07, 6.45) is 10.5. The number of nitrogens with zero attached hydrogens (tertiary/aromatic N) is 6. The predicted molar refractivity (Wildman–Crippen MR) is 119 cm³/mol. The van der Waals surface area contributed by atoms with Crippen molar-refractivity contribution in [3.05, 3.63) is 65.0 Å². The fraction of sp³-hybridized carbons (Fsp3) is 0.391. The highest BCUT2D eigenvalue weighted by Crippen LogP contribution is 2.40. The lowest BCUT2D eigenvalue weighted by molar-refractivity contribution is 0.0945. The number of H-pyrrole nitrogens is 1. The molecule has 1 saturated carbocycles. The second-order valence-electron chi connectivity index (χ2n) is 8.52. The normalized spacial score (nSPS) is 13.5. The zero-order valence-electron chi connectivity index (χ0n) is 18.1. The molecule has 0 spiro atoms. The third-order valence-electron chi connectivity index (χ3n) is 5.69. The number of unbranched alkanes of at least 4 members (excludes halogenated alkanes) is 1. The fourth-order valence-corrected chi connectivity index (χ4v) is 3.81. The van der Waals surface area contributed by atoms with Crippen molar-refractivity contribution < 1.29 is 4.79 Å². The monoisotopic (exact) mass is 430 g/mol. The third-order valence-corrected chi connectivity index (χ3v) is 5.69. The second kappa shape index (κ2) is 8.86. The van der Waals surface area contributed by atoms with E-state index < -0.39 is 0 Å². The van der Waals surface area contributed by atoms with E-state index in [1.165, 1.54) is 18.5 Å². The molecule has 0 radical (unpaired) electrons. The lowest BCUT2D eigenvalue weighted by Crippen LogP contribution is -2.23. The maximum Gasteiger partial charge on any atom is 0.273 e. The van der Waals surface area contributed by atoms with Crippen molar-refractivity contribution in [3.63, 3.8) is 0 Å². The Hall–Kier alpha value is -3.62. The zero-order chi connectivity index (χ0) is 21.9. The molecular weight excluding hydrogens is 404 g/mol. The molecule has 9 heteroatoms. The zero-order valence-corrected chi connectivity index (χ0v) is 18.1. The summed E-state index contributed by atoms with van der Waals surface area (Å²) in [5, 5.41) is 20.8. The van der Waals surface area contributed by atoms with Crippen LogP contribution in [0.1, 0.15) is 64.6 Å². The van der Waals surface area contributed by atoms with Gasteiger partial charge in [0.2, 0.25) is 0 Å². The summed E-state index contributed by atoms with van der Waals surface area (Å²) in [5.74, 6) is 0.445. The Morgan fingerprint density at radius 2 is 2.06 bits per heavy atom. The molecule has 2 N–H and O–H groups in total. The minimum atomic E-state index is -0.238. The summed E-state index contributed by atoms with van der Waals surface area (Å²) in [4.78, 5) is 19.8. The molecule has 9 nitrogen and oxygen atoms in total. The minimum Gasteiger partial charge on any atom is -0.346 e. The number of aromatic amines is 1. The molecule has 0 aliphatic heterocycles. The van der Waals surface area contributed by atoms with Gasteiger partial charge in [0, 0.05) is 36.6 Å². The van der Waals surface area contributed by atoms with Crippen molar-refractivity contribution in [1.29, 1.82) is 0 Å². The quantitative estimate of drug-likeness (QED) is 0.395. The summed E-state index contributed by atoms with van der Waals surface area (Å²) in [6, 6.07) is 6.34. The molecule has 1 fully saturated rings. The van der Waals surface area contributed by atoms with Gasteiger partial charge in [0.05, 0.1) is 11.9 Å². The van der Waals surface area contributed by atoms with Crippen molar-refractivity contribution in [1.82, 2.24) is 40.5 Å². The van der Waals surface area contributed by atoms with Gasteiger partial charge in [0.25, 0.3) is 5.91 Å². The summed E-state index contributed by atoms with van der Waals surface area (Å²) in [5.41, 5.74) is 5.50. The first kappa shape index (κ1) is 20.3. The van der Waals surface area contributed by atoms with Crippen LogP contribution in [-0.4, -0.2) is 41.1 Å². The number of nitrogens with one attached hydrogen (secondary N) is 2. The average molecular weight is 431 g/mol. The average Bonchev–Trinajstić information content (AvgIpc) is 3.38. The maximum absolute atomic E-state index is 12.3. The van der Waals surface area contributed by atoms with Crippen LogP contribution in [0.2, 0.25) is 0 Å². The number of hydrogen-bond acceptors (Lipinski definition) is 6. The lowest BCUT2D eigenvalue weighted by atomic mass is 10.1. The molecule has 0 bridgehead atoms. The SMILES string of the molecule is Cc1cncc(CNC(=O)c2cn(CCCCc3cc4cc(C5CC5)[nH]c4nn3)nn2)c1. The van der Waals surface area contributed by atoms with Crippen LogP contribution < -0.4 is 5.32 Å². The van der Waals surface area contributed by atoms with Gasteiger partial charge in [-0.25, -0.2) is 0 Å². The number of carbonyl (C=O) groups excluding carboxylic acids is 1. The first-order valence-electron chi connectivity index (χ1n) is 11.1. The molecule has 1 aliphatic rings. The Balaban J connectivity index is 1.08. The van der Waals surface area contributed by atoms with E-state index in [0.29, 0.717) is 24.7 Å². The number of fused-ring (bicyclic) bond motifs is 1. The van der Waals surface area contributed by atoms with Crippen LogP contribution in [0.3, 0.4) is 0 Å². The molecule has 5 rings (SSSR count). The number of aryl methyl sites for hydroxylation is 3. The number of amides is 1. The highest BCUT2D eigenvalue weighted by atomic mass is 16.2. The topological polar surface area (TPSA) is 114 Å². The Labute approximate surface area is 185 Å². The Morgan fingerprint density at radius 1 is 1.16 bits per heavy atom. The van der Waals surface area contributed by atoms with E-state index in [0.717, 1.165) is 47.1 Å². The Morgan fingerprint density at radius 3 is 2.91 bits per heavy atom. The van der Waals surface area contributed by atoms with Crippen molar-refractivity contribution in [2.75, 3.05) is 0 Å². The van der Waals surface area contributed by atoms with Gasteiger partial charge in [0.15, 0.2) is 11.3 Å². The van der Waals surface area contributed by atoms with E-state index >= 15 is 0 Å². The third kappa shape index (κ3) is 4.82. The summed E-state index contributed by atoms with van der Waals surface area (Å²) < 4.78 is 1.71. The molecule has 164 valence electrons. The minimum absolute atomic E-state index is 0.238. The van der Waals surface area contributed by atoms with E-state index in [2.05, 4.69) is 47.9 Å². The van der Waals surface area contributed by atoms with E-state index in [9.17, 15) is 4.79 Å². The van der Waals surface area contributed by atoms with Crippen LogP contribution in [0.4, 0.5) is 0 Å². The number of aromatic nitrogens is 7. The van der Waals surface area contributed by atoms with Gasteiger partial charge in [0.1, 0.15) is 0 Å².